The maximum Gasteiger partial charge on any atom is 0.104 e. The van der Waals surface area contributed by atoms with Gasteiger partial charge in [-0.2, -0.15) is 0 Å². The highest BCUT2D eigenvalue weighted by Crippen LogP contribution is 2.21. The zero-order chi connectivity index (χ0) is 12.9. The van der Waals surface area contributed by atoms with Crippen LogP contribution in [0.2, 0.25) is 0 Å². The number of furan rings is 1. The van der Waals surface area contributed by atoms with Gasteiger partial charge in [0.1, 0.15) is 5.76 Å². The van der Waals surface area contributed by atoms with Crippen molar-refractivity contribution < 1.29 is 4.42 Å². The van der Waals surface area contributed by atoms with Gasteiger partial charge in [0.15, 0.2) is 0 Å². The summed E-state index contributed by atoms with van der Waals surface area (Å²) in [5.74, 6) is 1.70. The first-order valence-electron chi connectivity index (χ1n) is 7.20. The topological polar surface area (TPSA) is 25.2 Å². The molecule has 1 N–H and O–H groups in total. The number of benzene rings is 1. The van der Waals surface area contributed by atoms with Crippen LogP contribution in [0.5, 0.6) is 0 Å². The van der Waals surface area contributed by atoms with Gasteiger partial charge in [-0.3, -0.25) is 0 Å². The second-order valence-corrected chi connectivity index (χ2v) is 5.52. The lowest BCUT2D eigenvalue weighted by atomic mass is 9.95. The summed E-state index contributed by atoms with van der Waals surface area (Å²) >= 11 is 0. The highest BCUT2D eigenvalue weighted by molar-refractivity contribution is 5.16. The van der Waals surface area contributed by atoms with Gasteiger partial charge in [-0.05, 0) is 49.4 Å². The molecule has 0 saturated heterocycles. The van der Waals surface area contributed by atoms with E-state index < -0.39 is 0 Å². The van der Waals surface area contributed by atoms with Crippen molar-refractivity contribution in [1.82, 2.24) is 5.32 Å². The molecular formula is C17H21NO. The summed E-state index contributed by atoms with van der Waals surface area (Å²) in [6.07, 6.45) is 6.59. The van der Waals surface area contributed by atoms with Gasteiger partial charge < -0.3 is 9.73 Å². The fourth-order valence-electron chi connectivity index (χ4n) is 2.50. The van der Waals surface area contributed by atoms with Crippen LogP contribution in [0.4, 0.5) is 0 Å². The van der Waals surface area contributed by atoms with Crippen LogP contribution in [0.1, 0.15) is 24.2 Å². The van der Waals surface area contributed by atoms with Crippen LogP contribution in [-0.2, 0) is 12.8 Å². The van der Waals surface area contributed by atoms with Gasteiger partial charge in [0.2, 0.25) is 0 Å². The highest BCUT2D eigenvalue weighted by Gasteiger charge is 2.22. The molecule has 1 atom stereocenters. The summed E-state index contributed by atoms with van der Waals surface area (Å²) in [5.41, 5.74) is 1.41. The molecule has 19 heavy (non-hydrogen) atoms. The first-order chi connectivity index (χ1) is 9.40. The van der Waals surface area contributed by atoms with E-state index in [9.17, 15) is 0 Å². The van der Waals surface area contributed by atoms with Crippen molar-refractivity contribution in [2.45, 2.75) is 31.7 Å². The van der Waals surface area contributed by atoms with Crippen molar-refractivity contribution in [2.24, 2.45) is 5.92 Å². The molecule has 1 unspecified atom stereocenters. The molecule has 0 radical (unpaired) electrons. The smallest absolute Gasteiger partial charge is 0.104 e. The third-order valence-electron chi connectivity index (χ3n) is 3.71. The Morgan fingerprint density at radius 1 is 1.05 bits per heavy atom. The molecule has 3 rings (SSSR count). The third-order valence-corrected chi connectivity index (χ3v) is 3.71. The van der Waals surface area contributed by atoms with E-state index in [2.05, 4.69) is 41.7 Å². The zero-order valence-electron chi connectivity index (χ0n) is 11.2. The van der Waals surface area contributed by atoms with E-state index in [4.69, 9.17) is 4.42 Å². The largest absolute Gasteiger partial charge is 0.469 e. The molecule has 1 fully saturated rings. The Morgan fingerprint density at radius 3 is 2.58 bits per heavy atom. The maximum atomic E-state index is 5.50. The quantitative estimate of drug-likeness (QED) is 0.820. The van der Waals surface area contributed by atoms with Gasteiger partial charge in [0.05, 0.1) is 6.26 Å². The molecule has 2 aromatic rings. The van der Waals surface area contributed by atoms with E-state index in [0.29, 0.717) is 5.92 Å². The molecular weight excluding hydrogens is 234 g/mol. The van der Waals surface area contributed by atoms with Crippen LogP contribution in [0, 0.1) is 5.92 Å². The first kappa shape index (κ1) is 12.5. The molecule has 1 heterocycles. The standard InChI is InChI=1S/C17H21NO/c1-2-5-14(6-3-1)11-15(13-18-16-8-9-16)12-17-7-4-10-19-17/h1-7,10,15-16,18H,8-9,11-13H2. The van der Waals surface area contributed by atoms with Crippen molar-refractivity contribution in [2.75, 3.05) is 6.54 Å². The summed E-state index contributed by atoms with van der Waals surface area (Å²) in [5, 5.41) is 3.65. The van der Waals surface area contributed by atoms with Crippen molar-refractivity contribution in [3.05, 3.63) is 60.1 Å². The maximum absolute atomic E-state index is 5.50. The average molecular weight is 255 g/mol. The van der Waals surface area contributed by atoms with Crippen LogP contribution < -0.4 is 5.32 Å². The number of hydrogen-bond acceptors (Lipinski definition) is 2. The normalized spacial score (nSPS) is 16.4. The fourth-order valence-corrected chi connectivity index (χ4v) is 2.50. The van der Waals surface area contributed by atoms with Crippen molar-refractivity contribution in [3.63, 3.8) is 0 Å². The van der Waals surface area contributed by atoms with Gasteiger partial charge in [-0.1, -0.05) is 30.3 Å². The van der Waals surface area contributed by atoms with E-state index >= 15 is 0 Å². The second-order valence-electron chi connectivity index (χ2n) is 5.52. The molecule has 100 valence electrons. The van der Waals surface area contributed by atoms with E-state index in [0.717, 1.165) is 31.2 Å². The van der Waals surface area contributed by atoms with Crippen molar-refractivity contribution in [3.8, 4) is 0 Å². The summed E-state index contributed by atoms with van der Waals surface area (Å²) < 4.78 is 5.50. The zero-order valence-corrected chi connectivity index (χ0v) is 11.2. The Balaban J connectivity index is 1.60. The van der Waals surface area contributed by atoms with Gasteiger partial charge in [-0.15, -0.1) is 0 Å². The Labute approximate surface area is 114 Å². The Morgan fingerprint density at radius 2 is 1.89 bits per heavy atom. The minimum absolute atomic E-state index is 0.606. The lowest BCUT2D eigenvalue weighted by Crippen LogP contribution is -2.27. The van der Waals surface area contributed by atoms with Crippen LogP contribution in [0.25, 0.3) is 0 Å². The number of rotatable bonds is 7. The third kappa shape index (κ3) is 3.97. The Hall–Kier alpha value is -1.54. The average Bonchev–Trinajstić information content (AvgIpc) is 3.13. The molecule has 0 aliphatic heterocycles. The predicted octanol–water partition coefficient (Wildman–Crippen LogP) is 3.43. The van der Waals surface area contributed by atoms with E-state index in [-0.39, 0.29) is 0 Å². The fraction of sp³-hybridized carbons (Fsp3) is 0.412. The monoisotopic (exact) mass is 255 g/mol. The molecule has 1 aliphatic carbocycles. The summed E-state index contributed by atoms with van der Waals surface area (Å²) in [6, 6.07) is 15.6. The number of nitrogens with one attached hydrogen (secondary N) is 1. The minimum atomic E-state index is 0.606. The number of hydrogen-bond donors (Lipinski definition) is 1. The van der Waals surface area contributed by atoms with Crippen molar-refractivity contribution in [1.29, 1.82) is 0 Å². The molecule has 0 amide bonds. The summed E-state index contributed by atoms with van der Waals surface area (Å²) in [7, 11) is 0. The van der Waals surface area contributed by atoms with Crippen LogP contribution >= 0.6 is 0 Å². The lowest BCUT2D eigenvalue weighted by molar-refractivity contribution is 0.414. The SMILES string of the molecule is c1ccc(CC(CNC2CC2)Cc2ccco2)cc1. The minimum Gasteiger partial charge on any atom is -0.469 e. The van der Waals surface area contributed by atoms with Gasteiger partial charge >= 0.3 is 0 Å². The van der Waals surface area contributed by atoms with Crippen LogP contribution in [0.3, 0.4) is 0 Å². The van der Waals surface area contributed by atoms with Gasteiger partial charge in [0.25, 0.3) is 0 Å². The summed E-state index contributed by atoms with van der Waals surface area (Å²) in [4.78, 5) is 0. The van der Waals surface area contributed by atoms with Gasteiger partial charge in [0, 0.05) is 12.5 Å². The molecule has 0 spiro atoms. The molecule has 1 aliphatic rings. The predicted molar refractivity (Wildman–Crippen MR) is 77.1 cm³/mol. The van der Waals surface area contributed by atoms with Crippen LogP contribution in [-0.4, -0.2) is 12.6 Å². The molecule has 2 heteroatoms. The Kier molecular flexibility index (Phi) is 3.99. The molecule has 0 bridgehead atoms. The second kappa shape index (κ2) is 6.07. The molecule has 1 saturated carbocycles. The van der Waals surface area contributed by atoms with Crippen LogP contribution in [0.15, 0.2) is 53.1 Å². The Bertz CT molecular complexity index is 473. The van der Waals surface area contributed by atoms with Gasteiger partial charge in [-0.25, -0.2) is 0 Å². The summed E-state index contributed by atoms with van der Waals surface area (Å²) in [6.45, 7) is 1.08. The van der Waals surface area contributed by atoms with E-state index in [1.54, 1.807) is 6.26 Å². The lowest BCUT2D eigenvalue weighted by Gasteiger charge is -2.16. The van der Waals surface area contributed by atoms with Crippen molar-refractivity contribution >= 4 is 0 Å². The molecule has 1 aromatic carbocycles. The molecule has 1 aromatic heterocycles. The first-order valence-corrected chi connectivity index (χ1v) is 7.20. The molecule has 2 nitrogen and oxygen atoms in total. The van der Waals surface area contributed by atoms with E-state index in [1.165, 1.54) is 18.4 Å². The highest BCUT2D eigenvalue weighted by atomic mass is 16.3. The van der Waals surface area contributed by atoms with E-state index in [1.807, 2.05) is 6.07 Å².